The van der Waals surface area contributed by atoms with Crippen LogP contribution in [0.4, 0.5) is 8.78 Å². The minimum atomic E-state index is -0.974. The van der Waals surface area contributed by atoms with Crippen LogP contribution in [-0.2, 0) is 16.1 Å². The van der Waals surface area contributed by atoms with Crippen molar-refractivity contribution >= 4 is 5.97 Å². The number of esters is 1. The van der Waals surface area contributed by atoms with Crippen molar-refractivity contribution in [3.63, 3.8) is 0 Å². The minimum absolute atomic E-state index is 0.0318. The standard InChI is InChI=1S/C11H12F2N2O2/c12-8-3-1-2-7(10(8)13)6-17-11(16)9-4-5-14-15-9/h1-3,9,14-15H,4-6H2. The Morgan fingerprint density at radius 2 is 2.29 bits per heavy atom. The molecule has 0 spiro atoms. The van der Waals surface area contributed by atoms with Gasteiger partial charge in [0.05, 0.1) is 0 Å². The summed E-state index contributed by atoms with van der Waals surface area (Å²) >= 11 is 0. The number of hydrogen-bond donors (Lipinski definition) is 2. The number of rotatable bonds is 3. The number of carbonyl (C=O) groups is 1. The van der Waals surface area contributed by atoms with Gasteiger partial charge in [0.1, 0.15) is 12.6 Å². The Bertz CT molecular complexity index is 420. The fourth-order valence-electron chi connectivity index (χ4n) is 1.57. The number of halogens is 2. The molecule has 1 aliphatic rings. The molecule has 92 valence electrons. The van der Waals surface area contributed by atoms with Crippen molar-refractivity contribution in [2.75, 3.05) is 6.54 Å². The van der Waals surface area contributed by atoms with Gasteiger partial charge in [0.25, 0.3) is 0 Å². The summed E-state index contributed by atoms with van der Waals surface area (Å²) in [5.41, 5.74) is 5.55. The Morgan fingerprint density at radius 3 is 3.00 bits per heavy atom. The van der Waals surface area contributed by atoms with Crippen LogP contribution in [0.25, 0.3) is 0 Å². The molecule has 1 aliphatic heterocycles. The summed E-state index contributed by atoms with van der Waals surface area (Å²) in [5, 5.41) is 0. The number of ether oxygens (including phenoxy) is 1. The average Bonchev–Trinajstić information content (AvgIpc) is 2.84. The second-order valence-electron chi connectivity index (χ2n) is 3.73. The molecule has 4 nitrogen and oxygen atoms in total. The lowest BCUT2D eigenvalue weighted by Crippen LogP contribution is -2.37. The van der Waals surface area contributed by atoms with Crippen LogP contribution < -0.4 is 10.9 Å². The Kier molecular flexibility index (Phi) is 3.65. The first kappa shape index (κ1) is 11.9. The highest BCUT2D eigenvalue weighted by molar-refractivity contribution is 5.76. The fourth-order valence-corrected chi connectivity index (χ4v) is 1.57. The van der Waals surface area contributed by atoms with E-state index < -0.39 is 23.6 Å². The zero-order valence-corrected chi connectivity index (χ0v) is 9.00. The number of hydrazine groups is 1. The van der Waals surface area contributed by atoms with Crippen molar-refractivity contribution in [3.05, 3.63) is 35.4 Å². The third kappa shape index (κ3) is 2.78. The number of carbonyl (C=O) groups excluding carboxylic acids is 1. The molecule has 2 rings (SSSR count). The van der Waals surface area contributed by atoms with Crippen molar-refractivity contribution in [2.45, 2.75) is 19.1 Å². The van der Waals surface area contributed by atoms with E-state index in [-0.39, 0.29) is 12.2 Å². The normalized spacial score (nSPS) is 19.3. The van der Waals surface area contributed by atoms with Crippen LogP contribution >= 0.6 is 0 Å². The van der Waals surface area contributed by atoms with Crippen LogP contribution in [-0.4, -0.2) is 18.6 Å². The molecule has 0 amide bonds. The van der Waals surface area contributed by atoms with E-state index in [0.717, 1.165) is 6.07 Å². The number of nitrogens with one attached hydrogen (secondary N) is 2. The topological polar surface area (TPSA) is 50.4 Å². The highest BCUT2D eigenvalue weighted by Gasteiger charge is 2.23. The number of hydrogen-bond acceptors (Lipinski definition) is 4. The maximum absolute atomic E-state index is 13.2. The zero-order valence-electron chi connectivity index (χ0n) is 9.00. The van der Waals surface area contributed by atoms with Crippen molar-refractivity contribution in [1.29, 1.82) is 0 Å². The highest BCUT2D eigenvalue weighted by Crippen LogP contribution is 2.13. The largest absolute Gasteiger partial charge is 0.460 e. The van der Waals surface area contributed by atoms with E-state index in [1.165, 1.54) is 12.1 Å². The van der Waals surface area contributed by atoms with Crippen molar-refractivity contribution < 1.29 is 18.3 Å². The summed E-state index contributed by atoms with van der Waals surface area (Å²) in [5.74, 6) is -2.39. The van der Waals surface area contributed by atoms with E-state index in [1.807, 2.05) is 0 Å². The number of benzene rings is 1. The van der Waals surface area contributed by atoms with Gasteiger partial charge < -0.3 is 4.74 Å². The van der Waals surface area contributed by atoms with Crippen molar-refractivity contribution in [2.24, 2.45) is 0 Å². The van der Waals surface area contributed by atoms with Gasteiger partial charge in [-0.1, -0.05) is 12.1 Å². The summed E-state index contributed by atoms with van der Waals surface area (Å²) in [6.45, 7) is 0.411. The molecule has 1 atom stereocenters. The molecule has 0 bridgehead atoms. The van der Waals surface area contributed by atoms with Gasteiger partial charge in [-0.25, -0.2) is 14.2 Å². The molecule has 0 radical (unpaired) electrons. The molecule has 1 unspecified atom stereocenters. The first-order valence-corrected chi connectivity index (χ1v) is 5.26. The van der Waals surface area contributed by atoms with Gasteiger partial charge in [-0.2, -0.15) is 0 Å². The van der Waals surface area contributed by atoms with E-state index in [4.69, 9.17) is 4.74 Å². The molecule has 17 heavy (non-hydrogen) atoms. The van der Waals surface area contributed by atoms with Crippen LogP contribution in [0.3, 0.4) is 0 Å². The molecule has 1 saturated heterocycles. The molecule has 0 aromatic heterocycles. The summed E-state index contributed by atoms with van der Waals surface area (Å²) in [4.78, 5) is 11.5. The van der Waals surface area contributed by atoms with Gasteiger partial charge in [0.2, 0.25) is 0 Å². The van der Waals surface area contributed by atoms with Gasteiger partial charge in [-0.15, -0.1) is 0 Å². The Balaban J connectivity index is 1.93. The monoisotopic (exact) mass is 242 g/mol. The van der Waals surface area contributed by atoms with Crippen molar-refractivity contribution in [1.82, 2.24) is 10.9 Å². The Morgan fingerprint density at radius 1 is 1.47 bits per heavy atom. The maximum Gasteiger partial charge on any atom is 0.324 e. The molecular weight excluding hydrogens is 230 g/mol. The lowest BCUT2D eigenvalue weighted by atomic mass is 10.2. The van der Waals surface area contributed by atoms with Gasteiger partial charge in [-0.3, -0.25) is 10.2 Å². The van der Waals surface area contributed by atoms with Crippen LogP contribution in [0.1, 0.15) is 12.0 Å². The van der Waals surface area contributed by atoms with Gasteiger partial charge >= 0.3 is 5.97 Å². The molecule has 0 saturated carbocycles. The molecule has 1 fully saturated rings. The van der Waals surface area contributed by atoms with E-state index >= 15 is 0 Å². The van der Waals surface area contributed by atoms with Gasteiger partial charge in [-0.05, 0) is 12.5 Å². The lowest BCUT2D eigenvalue weighted by Gasteiger charge is -2.10. The van der Waals surface area contributed by atoms with Crippen LogP contribution in [0, 0.1) is 11.6 Å². The summed E-state index contributed by atoms with van der Waals surface area (Å²) in [6.07, 6.45) is 0.616. The second kappa shape index (κ2) is 5.20. The van der Waals surface area contributed by atoms with Gasteiger partial charge in [0, 0.05) is 12.1 Å². The summed E-state index contributed by atoms with van der Waals surface area (Å²) < 4.78 is 31.0. The zero-order chi connectivity index (χ0) is 12.3. The quantitative estimate of drug-likeness (QED) is 0.772. The van der Waals surface area contributed by atoms with Gasteiger partial charge in [0.15, 0.2) is 11.6 Å². The smallest absolute Gasteiger partial charge is 0.324 e. The molecule has 1 aromatic rings. The molecule has 1 aromatic carbocycles. The van der Waals surface area contributed by atoms with E-state index in [0.29, 0.717) is 13.0 Å². The Labute approximate surface area is 96.9 Å². The first-order valence-electron chi connectivity index (χ1n) is 5.26. The van der Waals surface area contributed by atoms with Crippen LogP contribution in [0.2, 0.25) is 0 Å². The van der Waals surface area contributed by atoms with E-state index in [2.05, 4.69) is 10.9 Å². The predicted octanol–water partition coefficient (Wildman–Crippen LogP) is 0.874. The average molecular weight is 242 g/mol. The predicted molar refractivity (Wildman–Crippen MR) is 55.7 cm³/mol. The van der Waals surface area contributed by atoms with E-state index in [1.54, 1.807) is 0 Å². The fraction of sp³-hybridized carbons (Fsp3) is 0.364. The SMILES string of the molecule is O=C(OCc1cccc(F)c1F)C1CCNN1. The first-order chi connectivity index (χ1) is 8.18. The minimum Gasteiger partial charge on any atom is -0.460 e. The van der Waals surface area contributed by atoms with Crippen LogP contribution in [0.15, 0.2) is 18.2 Å². The highest BCUT2D eigenvalue weighted by atomic mass is 19.2. The van der Waals surface area contributed by atoms with E-state index in [9.17, 15) is 13.6 Å². The lowest BCUT2D eigenvalue weighted by molar-refractivity contribution is -0.147. The third-order valence-electron chi connectivity index (χ3n) is 2.52. The summed E-state index contributed by atoms with van der Waals surface area (Å²) in [7, 11) is 0. The molecule has 0 aliphatic carbocycles. The third-order valence-corrected chi connectivity index (χ3v) is 2.52. The Hall–Kier alpha value is -1.53. The van der Waals surface area contributed by atoms with Crippen LogP contribution in [0.5, 0.6) is 0 Å². The maximum atomic E-state index is 13.2. The molecule has 2 N–H and O–H groups in total. The summed E-state index contributed by atoms with van der Waals surface area (Å²) in [6, 6.07) is 3.35. The molecular formula is C11H12F2N2O2. The van der Waals surface area contributed by atoms with Crippen molar-refractivity contribution in [3.8, 4) is 0 Å². The molecule has 6 heteroatoms. The second-order valence-corrected chi connectivity index (χ2v) is 3.73. The molecule has 1 heterocycles.